The van der Waals surface area contributed by atoms with Crippen molar-refractivity contribution in [3.05, 3.63) is 52.0 Å². The Morgan fingerprint density at radius 1 is 0.909 bits per heavy atom. The van der Waals surface area contributed by atoms with Crippen molar-refractivity contribution in [3.63, 3.8) is 0 Å². The van der Waals surface area contributed by atoms with Crippen molar-refractivity contribution < 1.29 is 9.47 Å². The van der Waals surface area contributed by atoms with E-state index >= 15 is 0 Å². The van der Waals surface area contributed by atoms with Crippen molar-refractivity contribution in [1.29, 1.82) is 0 Å². The van der Waals surface area contributed by atoms with E-state index in [2.05, 4.69) is 60.7 Å². The van der Waals surface area contributed by atoms with Gasteiger partial charge >= 0.3 is 0 Å². The average Bonchev–Trinajstić information content (AvgIpc) is 2.83. The maximum atomic E-state index is 6.42. The average molecular weight is 472 g/mol. The summed E-state index contributed by atoms with van der Waals surface area (Å²) >= 11 is 6.20. The lowest BCUT2D eigenvalue weighted by Crippen LogP contribution is -2.47. The zero-order valence-corrected chi connectivity index (χ0v) is 21.5. The molecule has 6 heteroatoms. The van der Waals surface area contributed by atoms with Gasteiger partial charge in [0.1, 0.15) is 17.6 Å². The number of hydrogen-bond donors (Lipinski definition) is 0. The molecule has 2 aromatic carbocycles. The molecule has 1 unspecified atom stereocenters. The summed E-state index contributed by atoms with van der Waals surface area (Å²) in [5, 5.41) is 0.655. The second-order valence-electron chi connectivity index (χ2n) is 9.54. The van der Waals surface area contributed by atoms with Crippen LogP contribution in [0.25, 0.3) is 0 Å². The minimum Gasteiger partial charge on any atom is -0.495 e. The van der Waals surface area contributed by atoms with E-state index in [1.165, 1.54) is 22.4 Å². The molecule has 0 aliphatic carbocycles. The Hall–Kier alpha value is -1.95. The van der Waals surface area contributed by atoms with Crippen molar-refractivity contribution in [1.82, 2.24) is 9.80 Å². The molecule has 0 N–H and O–H groups in total. The van der Waals surface area contributed by atoms with Crippen molar-refractivity contribution in [3.8, 4) is 11.5 Å². The number of rotatable bonds is 6. The van der Waals surface area contributed by atoms with Gasteiger partial charge < -0.3 is 19.3 Å². The Bertz CT molecular complexity index is 951. The summed E-state index contributed by atoms with van der Waals surface area (Å²) in [6, 6.07) is 10.9. The standard InChI is InChI=1S/C27H38ClN3O2/c1-19-20(2)26(33-23-10-12-29(4)13-11-23)9-7-24(19)21(3)30-14-16-31(17-15-30)22-6-8-25(28)27(18-22)32-5/h6-9,18,21,23H,10-17H2,1-5H3. The molecule has 2 aliphatic rings. The highest BCUT2D eigenvalue weighted by Gasteiger charge is 2.25. The van der Waals surface area contributed by atoms with Crippen molar-refractivity contribution in [2.75, 3.05) is 58.3 Å². The van der Waals surface area contributed by atoms with Gasteiger partial charge in [-0.1, -0.05) is 17.7 Å². The van der Waals surface area contributed by atoms with Gasteiger partial charge in [0.25, 0.3) is 0 Å². The number of anilines is 1. The molecule has 2 saturated heterocycles. The smallest absolute Gasteiger partial charge is 0.139 e. The molecule has 33 heavy (non-hydrogen) atoms. The Morgan fingerprint density at radius 3 is 2.27 bits per heavy atom. The van der Waals surface area contributed by atoms with Crippen molar-refractivity contribution in [2.24, 2.45) is 0 Å². The summed E-state index contributed by atoms with van der Waals surface area (Å²) in [5.74, 6) is 1.79. The number of hydrogen-bond acceptors (Lipinski definition) is 5. The lowest BCUT2D eigenvalue weighted by molar-refractivity contribution is 0.113. The van der Waals surface area contributed by atoms with Crippen LogP contribution in [-0.2, 0) is 0 Å². The molecule has 0 saturated carbocycles. The molecule has 2 aliphatic heterocycles. The van der Waals surface area contributed by atoms with Gasteiger partial charge in [-0.05, 0) is 75.5 Å². The molecule has 5 nitrogen and oxygen atoms in total. The van der Waals surface area contributed by atoms with Crippen molar-refractivity contribution in [2.45, 2.75) is 45.8 Å². The summed E-state index contributed by atoms with van der Waals surface area (Å²) in [4.78, 5) is 7.38. The predicted molar refractivity (Wildman–Crippen MR) is 137 cm³/mol. The number of methoxy groups -OCH3 is 1. The van der Waals surface area contributed by atoms with Crippen LogP contribution in [0.1, 0.15) is 42.5 Å². The summed E-state index contributed by atoms with van der Waals surface area (Å²) < 4.78 is 11.8. The molecule has 0 bridgehead atoms. The third-order valence-corrected chi connectivity index (χ3v) is 7.86. The third-order valence-electron chi connectivity index (χ3n) is 7.55. The van der Waals surface area contributed by atoms with Crippen LogP contribution in [-0.4, -0.2) is 69.3 Å². The normalized spacial score (nSPS) is 19.5. The second kappa shape index (κ2) is 10.5. The summed E-state index contributed by atoms with van der Waals surface area (Å²) in [7, 11) is 3.85. The van der Waals surface area contributed by atoms with Crippen LogP contribution >= 0.6 is 11.6 Å². The van der Waals surface area contributed by atoms with E-state index in [4.69, 9.17) is 21.1 Å². The van der Waals surface area contributed by atoms with Gasteiger partial charge in [-0.25, -0.2) is 0 Å². The maximum Gasteiger partial charge on any atom is 0.139 e. The maximum absolute atomic E-state index is 6.42. The Morgan fingerprint density at radius 2 is 1.61 bits per heavy atom. The highest BCUT2D eigenvalue weighted by Crippen LogP contribution is 2.34. The van der Waals surface area contributed by atoms with Gasteiger partial charge in [-0.15, -0.1) is 0 Å². The van der Waals surface area contributed by atoms with E-state index in [1.807, 2.05) is 12.1 Å². The minimum atomic E-state index is 0.335. The monoisotopic (exact) mass is 471 g/mol. The van der Waals surface area contributed by atoms with E-state index in [0.717, 1.165) is 63.6 Å². The molecule has 0 spiro atoms. The van der Waals surface area contributed by atoms with E-state index in [0.29, 0.717) is 17.2 Å². The first-order valence-corrected chi connectivity index (χ1v) is 12.5. The lowest BCUT2D eigenvalue weighted by Gasteiger charge is -2.40. The minimum absolute atomic E-state index is 0.335. The first-order valence-electron chi connectivity index (χ1n) is 12.1. The summed E-state index contributed by atoms with van der Waals surface area (Å²) in [6.45, 7) is 13.1. The van der Waals surface area contributed by atoms with Gasteiger partial charge in [0, 0.05) is 57.1 Å². The van der Waals surface area contributed by atoms with Crippen LogP contribution < -0.4 is 14.4 Å². The number of ether oxygens (including phenoxy) is 2. The SMILES string of the molecule is COc1cc(N2CCN(C(C)c3ccc(OC4CCN(C)CC4)c(C)c3C)CC2)ccc1Cl. The zero-order chi connectivity index (χ0) is 23.5. The van der Waals surface area contributed by atoms with Gasteiger partial charge in [0.15, 0.2) is 0 Å². The van der Waals surface area contributed by atoms with E-state index < -0.39 is 0 Å². The molecule has 2 fully saturated rings. The number of piperidine rings is 1. The Balaban J connectivity index is 1.39. The highest BCUT2D eigenvalue weighted by molar-refractivity contribution is 6.32. The lowest BCUT2D eigenvalue weighted by atomic mass is 9.96. The number of piperazine rings is 1. The van der Waals surface area contributed by atoms with Crippen molar-refractivity contribution >= 4 is 17.3 Å². The summed E-state index contributed by atoms with van der Waals surface area (Å²) in [6.07, 6.45) is 2.55. The van der Waals surface area contributed by atoms with Crippen LogP contribution in [0.4, 0.5) is 5.69 Å². The fraction of sp³-hybridized carbons (Fsp3) is 0.556. The van der Waals surface area contributed by atoms with Crippen LogP contribution in [0.3, 0.4) is 0 Å². The van der Waals surface area contributed by atoms with Crippen LogP contribution in [0.5, 0.6) is 11.5 Å². The molecule has 2 aromatic rings. The van der Waals surface area contributed by atoms with Gasteiger partial charge in [0.2, 0.25) is 0 Å². The second-order valence-corrected chi connectivity index (χ2v) is 9.95. The number of benzene rings is 2. The van der Waals surface area contributed by atoms with E-state index in [1.54, 1.807) is 7.11 Å². The molecule has 1 atom stereocenters. The highest BCUT2D eigenvalue weighted by atomic mass is 35.5. The Kier molecular flexibility index (Phi) is 7.72. The molecule has 2 heterocycles. The number of likely N-dealkylation sites (tertiary alicyclic amines) is 1. The summed E-state index contributed by atoms with van der Waals surface area (Å²) in [5.41, 5.74) is 5.22. The van der Waals surface area contributed by atoms with E-state index in [-0.39, 0.29) is 0 Å². The van der Waals surface area contributed by atoms with Gasteiger partial charge in [-0.3, -0.25) is 4.90 Å². The molecule has 0 radical (unpaired) electrons. The molecule has 180 valence electrons. The van der Waals surface area contributed by atoms with Gasteiger partial charge in [-0.2, -0.15) is 0 Å². The first-order chi connectivity index (χ1) is 15.9. The molecule has 0 aromatic heterocycles. The van der Waals surface area contributed by atoms with Crippen LogP contribution in [0, 0.1) is 13.8 Å². The largest absolute Gasteiger partial charge is 0.495 e. The number of nitrogens with zero attached hydrogens (tertiary/aromatic N) is 3. The number of halogens is 1. The van der Waals surface area contributed by atoms with Crippen LogP contribution in [0.2, 0.25) is 5.02 Å². The fourth-order valence-corrected chi connectivity index (χ4v) is 5.28. The first kappa shape index (κ1) is 24.2. The quantitative estimate of drug-likeness (QED) is 0.568. The zero-order valence-electron chi connectivity index (χ0n) is 20.7. The Labute approximate surface area is 204 Å². The molecular formula is C27H38ClN3O2. The third kappa shape index (κ3) is 5.42. The van der Waals surface area contributed by atoms with Crippen LogP contribution in [0.15, 0.2) is 30.3 Å². The molecule has 0 amide bonds. The van der Waals surface area contributed by atoms with Gasteiger partial charge in [0.05, 0.1) is 12.1 Å². The predicted octanol–water partition coefficient (Wildman–Crippen LogP) is 5.32. The fourth-order valence-electron chi connectivity index (χ4n) is 5.09. The topological polar surface area (TPSA) is 28.2 Å². The van der Waals surface area contributed by atoms with E-state index in [9.17, 15) is 0 Å². The molecule has 4 rings (SSSR count). The molecular weight excluding hydrogens is 434 g/mol.